The number of rotatable bonds is 4. The van der Waals surface area contributed by atoms with Crippen LogP contribution in [0.5, 0.6) is 0 Å². The van der Waals surface area contributed by atoms with E-state index >= 15 is 0 Å². The number of methoxy groups -OCH3 is 1. The van der Waals surface area contributed by atoms with Gasteiger partial charge in [-0.2, -0.15) is 0 Å². The maximum atomic E-state index is 12.2. The molecule has 2 N–H and O–H groups in total. The third-order valence-electron chi connectivity index (χ3n) is 3.46. The van der Waals surface area contributed by atoms with Crippen molar-refractivity contribution in [1.29, 1.82) is 0 Å². The highest BCUT2D eigenvalue weighted by atomic mass is 16.5. The minimum atomic E-state index is -1.16. The Hall–Kier alpha value is -2.15. The number of likely N-dealkylation sites (tertiary alicyclic amines) is 1. The molecule has 2 amide bonds. The zero-order valence-electron chi connectivity index (χ0n) is 11.9. The Morgan fingerprint density at radius 2 is 2.38 bits per heavy atom. The fourth-order valence-corrected chi connectivity index (χ4v) is 2.49. The number of carbonyl (C=O) groups excluding carboxylic acids is 1. The Bertz CT molecular complexity index is 519. The predicted molar refractivity (Wildman–Crippen MR) is 76.4 cm³/mol. The number of carboxylic acids is 1. The summed E-state index contributed by atoms with van der Waals surface area (Å²) >= 11 is 0. The monoisotopic (exact) mass is 293 g/mol. The van der Waals surface area contributed by atoms with Crippen molar-refractivity contribution >= 4 is 17.7 Å². The third-order valence-corrected chi connectivity index (χ3v) is 3.46. The Balaban J connectivity index is 2.03. The van der Waals surface area contributed by atoms with Gasteiger partial charge in [0.2, 0.25) is 0 Å². The lowest BCUT2D eigenvalue weighted by molar-refractivity contribution is 0.0691. The fourth-order valence-electron chi connectivity index (χ4n) is 2.49. The molecular weight excluding hydrogens is 274 g/mol. The molecule has 2 heterocycles. The summed E-state index contributed by atoms with van der Waals surface area (Å²) in [4.78, 5) is 28.8. The second-order valence-corrected chi connectivity index (χ2v) is 5.04. The van der Waals surface area contributed by atoms with Crippen LogP contribution in [0.1, 0.15) is 23.3 Å². The van der Waals surface area contributed by atoms with Crippen LogP contribution in [-0.4, -0.2) is 53.8 Å². The number of hydrogen-bond acceptors (Lipinski definition) is 4. The predicted octanol–water partition coefficient (Wildman–Crippen LogP) is 1.67. The Labute approximate surface area is 122 Å². The topological polar surface area (TPSA) is 91.8 Å². The first-order chi connectivity index (χ1) is 10.1. The van der Waals surface area contributed by atoms with Gasteiger partial charge in [-0.15, -0.1) is 0 Å². The van der Waals surface area contributed by atoms with E-state index in [1.807, 2.05) is 0 Å². The number of aromatic nitrogens is 1. The average Bonchev–Trinajstić information content (AvgIpc) is 2.48. The maximum Gasteiger partial charge on any atom is 0.356 e. The van der Waals surface area contributed by atoms with Gasteiger partial charge in [-0.3, -0.25) is 0 Å². The van der Waals surface area contributed by atoms with Crippen LogP contribution in [0.4, 0.5) is 10.5 Å². The highest BCUT2D eigenvalue weighted by Gasteiger charge is 2.24. The third kappa shape index (κ3) is 3.91. The number of hydrogen-bond donors (Lipinski definition) is 2. The van der Waals surface area contributed by atoms with Gasteiger partial charge in [0.15, 0.2) is 5.69 Å². The van der Waals surface area contributed by atoms with Crippen molar-refractivity contribution in [2.75, 3.05) is 32.1 Å². The molecule has 7 nitrogen and oxygen atoms in total. The van der Waals surface area contributed by atoms with Gasteiger partial charge in [0, 0.05) is 32.3 Å². The van der Waals surface area contributed by atoms with Gasteiger partial charge in [-0.25, -0.2) is 14.6 Å². The van der Waals surface area contributed by atoms with Gasteiger partial charge in [0.05, 0.1) is 12.3 Å². The summed E-state index contributed by atoms with van der Waals surface area (Å²) < 4.78 is 5.13. The molecule has 0 aromatic carbocycles. The van der Waals surface area contributed by atoms with E-state index in [1.54, 1.807) is 18.1 Å². The van der Waals surface area contributed by atoms with Crippen molar-refractivity contribution < 1.29 is 19.4 Å². The quantitative estimate of drug-likeness (QED) is 0.881. The molecule has 0 spiro atoms. The first-order valence-corrected chi connectivity index (χ1v) is 6.85. The highest BCUT2D eigenvalue weighted by Crippen LogP contribution is 2.19. The first-order valence-electron chi connectivity index (χ1n) is 6.85. The molecule has 1 atom stereocenters. The molecule has 0 aliphatic carbocycles. The summed E-state index contributed by atoms with van der Waals surface area (Å²) in [6.07, 6.45) is 3.33. The summed E-state index contributed by atoms with van der Waals surface area (Å²) in [6.45, 7) is 1.90. The lowest BCUT2D eigenvalue weighted by Gasteiger charge is -2.32. The van der Waals surface area contributed by atoms with Gasteiger partial charge < -0.3 is 20.1 Å². The van der Waals surface area contributed by atoms with E-state index in [0.29, 0.717) is 25.6 Å². The van der Waals surface area contributed by atoms with Gasteiger partial charge in [0.1, 0.15) is 0 Å². The maximum absolute atomic E-state index is 12.2. The van der Waals surface area contributed by atoms with E-state index in [-0.39, 0.29) is 17.4 Å². The van der Waals surface area contributed by atoms with Crippen LogP contribution in [0.3, 0.4) is 0 Å². The molecule has 1 unspecified atom stereocenters. The van der Waals surface area contributed by atoms with Gasteiger partial charge >= 0.3 is 12.0 Å². The number of nitrogens with one attached hydrogen (secondary N) is 1. The molecule has 2 rings (SSSR count). The summed E-state index contributed by atoms with van der Waals surface area (Å²) in [5.74, 6) is -0.843. The summed E-state index contributed by atoms with van der Waals surface area (Å²) in [6, 6.07) is 2.82. The minimum Gasteiger partial charge on any atom is -0.476 e. The van der Waals surface area contributed by atoms with E-state index in [2.05, 4.69) is 10.3 Å². The van der Waals surface area contributed by atoms with E-state index in [4.69, 9.17) is 9.84 Å². The van der Waals surface area contributed by atoms with Gasteiger partial charge in [-0.1, -0.05) is 0 Å². The normalized spacial score (nSPS) is 18.3. The standard InChI is InChI=1S/C14H19N3O4/c1-21-9-10-4-3-7-17(8-10)14(20)16-11-5-2-6-15-12(11)13(18)19/h2,5-6,10H,3-4,7-9H2,1H3,(H,16,20)(H,18,19). The van der Waals surface area contributed by atoms with Crippen molar-refractivity contribution in [3.63, 3.8) is 0 Å². The number of aromatic carboxylic acids is 1. The van der Waals surface area contributed by atoms with E-state index in [1.165, 1.54) is 12.3 Å². The zero-order valence-corrected chi connectivity index (χ0v) is 11.9. The summed E-state index contributed by atoms with van der Waals surface area (Å²) in [5, 5.41) is 11.7. The SMILES string of the molecule is COCC1CCCN(C(=O)Nc2cccnc2C(=O)O)C1. The lowest BCUT2D eigenvalue weighted by Crippen LogP contribution is -2.43. The Kier molecular flexibility index (Phi) is 5.10. The first kappa shape index (κ1) is 15.2. The smallest absolute Gasteiger partial charge is 0.356 e. The number of urea groups is 1. The Morgan fingerprint density at radius 1 is 1.57 bits per heavy atom. The van der Waals surface area contributed by atoms with Crippen molar-refractivity contribution in [3.8, 4) is 0 Å². The second kappa shape index (κ2) is 7.03. The van der Waals surface area contributed by atoms with Crippen molar-refractivity contribution in [3.05, 3.63) is 24.0 Å². The second-order valence-electron chi connectivity index (χ2n) is 5.04. The van der Waals surface area contributed by atoms with Crippen LogP contribution >= 0.6 is 0 Å². The van der Waals surface area contributed by atoms with E-state index in [0.717, 1.165) is 12.8 Å². The molecule has 1 aromatic heterocycles. The van der Waals surface area contributed by atoms with Crippen LogP contribution in [-0.2, 0) is 4.74 Å². The molecule has 0 radical (unpaired) electrons. The molecule has 0 bridgehead atoms. The molecule has 114 valence electrons. The molecule has 1 saturated heterocycles. The molecule has 0 saturated carbocycles. The fraction of sp³-hybridized carbons (Fsp3) is 0.500. The molecule has 1 fully saturated rings. The zero-order chi connectivity index (χ0) is 15.2. The van der Waals surface area contributed by atoms with Crippen molar-refractivity contribution in [2.45, 2.75) is 12.8 Å². The molecule has 1 aliphatic rings. The molecule has 21 heavy (non-hydrogen) atoms. The number of carbonyl (C=O) groups is 2. The van der Waals surface area contributed by atoms with E-state index < -0.39 is 5.97 Å². The number of ether oxygens (including phenoxy) is 1. The molecule has 1 aliphatic heterocycles. The van der Waals surface area contributed by atoms with E-state index in [9.17, 15) is 9.59 Å². The minimum absolute atomic E-state index is 0.156. The molecule has 7 heteroatoms. The molecular formula is C14H19N3O4. The summed E-state index contributed by atoms with van der Waals surface area (Å²) in [7, 11) is 1.65. The summed E-state index contributed by atoms with van der Waals surface area (Å²) in [5.41, 5.74) is 0.0557. The van der Waals surface area contributed by atoms with Crippen LogP contribution in [0.15, 0.2) is 18.3 Å². The number of amides is 2. The van der Waals surface area contributed by atoms with Crippen molar-refractivity contribution in [1.82, 2.24) is 9.88 Å². The number of pyridine rings is 1. The average molecular weight is 293 g/mol. The van der Waals surface area contributed by atoms with Crippen molar-refractivity contribution in [2.24, 2.45) is 5.92 Å². The van der Waals surface area contributed by atoms with Crippen LogP contribution in [0.2, 0.25) is 0 Å². The van der Waals surface area contributed by atoms with Crippen LogP contribution in [0.25, 0.3) is 0 Å². The number of nitrogens with zero attached hydrogens (tertiary/aromatic N) is 2. The lowest BCUT2D eigenvalue weighted by atomic mass is 9.99. The van der Waals surface area contributed by atoms with Gasteiger partial charge in [0.25, 0.3) is 0 Å². The highest BCUT2D eigenvalue weighted by molar-refractivity contribution is 5.98. The number of carboxylic acid groups (broad SMARTS) is 1. The Morgan fingerprint density at radius 3 is 3.10 bits per heavy atom. The van der Waals surface area contributed by atoms with Crippen LogP contribution in [0, 0.1) is 5.92 Å². The van der Waals surface area contributed by atoms with Crippen LogP contribution < -0.4 is 5.32 Å². The largest absolute Gasteiger partial charge is 0.476 e. The van der Waals surface area contributed by atoms with Gasteiger partial charge in [-0.05, 0) is 25.0 Å². The molecule has 1 aromatic rings. The number of anilines is 1. The number of piperidine rings is 1.